The summed E-state index contributed by atoms with van der Waals surface area (Å²) >= 11 is 0. The molecule has 0 unspecified atom stereocenters. The van der Waals surface area contributed by atoms with Crippen molar-refractivity contribution in [3.05, 3.63) is 65.5 Å². The molecule has 1 aromatic carbocycles. The number of hydrogen-bond donors (Lipinski definition) is 2. The van der Waals surface area contributed by atoms with Crippen LogP contribution in [0, 0.1) is 11.8 Å². The average Bonchev–Trinajstić information content (AvgIpc) is 2.64. The first-order valence-corrected chi connectivity index (χ1v) is 8.42. The third kappa shape index (κ3) is 2.91. The monoisotopic (exact) mass is 333 g/mol. The molecule has 3 atom stereocenters. The van der Waals surface area contributed by atoms with Crippen molar-refractivity contribution in [3.8, 4) is 11.8 Å². The summed E-state index contributed by atoms with van der Waals surface area (Å²) in [5, 5.41) is 12.9. The van der Waals surface area contributed by atoms with Crippen LogP contribution in [0.4, 0.5) is 0 Å². The van der Waals surface area contributed by atoms with E-state index in [1.54, 1.807) is 12.4 Å². The molecule has 0 spiro atoms. The molecule has 0 radical (unpaired) electrons. The van der Waals surface area contributed by atoms with Crippen molar-refractivity contribution in [2.24, 2.45) is 0 Å². The molecule has 2 aromatic rings. The Labute approximate surface area is 146 Å². The van der Waals surface area contributed by atoms with E-state index >= 15 is 0 Å². The normalized spacial score (nSPS) is 24.8. The van der Waals surface area contributed by atoms with E-state index in [0.29, 0.717) is 6.54 Å². The van der Waals surface area contributed by atoms with Gasteiger partial charge in [0.05, 0.1) is 25.2 Å². The first-order chi connectivity index (χ1) is 12.3. The number of nitrogens with one attached hydrogen (secondary N) is 1. The van der Waals surface area contributed by atoms with Gasteiger partial charge in [0.25, 0.3) is 0 Å². The van der Waals surface area contributed by atoms with E-state index in [9.17, 15) is 9.90 Å². The number of pyridine rings is 1. The molecule has 2 aliphatic heterocycles. The fourth-order valence-electron chi connectivity index (χ4n) is 3.78. The smallest absolute Gasteiger partial charge is 0.237 e. The van der Waals surface area contributed by atoms with E-state index in [2.05, 4.69) is 34.3 Å². The fourth-order valence-corrected chi connectivity index (χ4v) is 3.78. The van der Waals surface area contributed by atoms with E-state index in [4.69, 9.17) is 0 Å². The molecule has 5 nitrogen and oxygen atoms in total. The Hall–Kier alpha value is -2.68. The Morgan fingerprint density at radius 1 is 1.20 bits per heavy atom. The Morgan fingerprint density at radius 3 is 2.72 bits per heavy atom. The molecule has 3 heterocycles. The van der Waals surface area contributed by atoms with Gasteiger partial charge in [-0.15, -0.1) is 0 Å². The van der Waals surface area contributed by atoms with Crippen LogP contribution in [-0.4, -0.2) is 52.7 Å². The molecule has 2 saturated heterocycles. The van der Waals surface area contributed by atoms with Crippen LogP contribution in [0.3, 0.4) is 0 Å². The van der Waals surface area contributed by atoms with Crippen molar-refractivity contribution in [1.82, 2.24) is 15.2 Å². The standard InChI is InChI=1S/C20H19N3O2/c24-13-18-20(17-11-22-12-19(25)23(17)18)16-7-5-14(6-8-16)3-4-15-2-1-9-21-10-15/h1-2,5-10,17-18,20,22,24H,11-13H2/t17-,18-,20+/m1/s1. The zero-order valence-electron chi connectivity index (χ0n) is 13.7. The Morgan fingerprint density at radius 2 is 2.00 bits per heavy atom. The van der Waals surface area contributed by atoms with Gasteiger partial charge in [0.2, 0.25) is 5.91 Å². The lowest BCUT2D eigenvalue weighted by Gasteiger charge is -2.57. The van der Waals surface area contributed by atoms with Gasteiger partial charge < -0.3 is 15.3 Å². The maximum Gasteiger partial charge on any atom is 0.237 e. The van der Waals surface area contributed by atoms with Gasteiger partial charge in [-0.25, -0.2) is 0 Å². The molecule has 2 fully saturated rings. The largest absolute Gasteiger partial charge is 0.394 e. The summed E-state index contributed by atoms with van der Waals surface area (Å²) in [5.74, 6) is 6.47. The highest BCUT2D eigenvalue weighted by Gasteiger charge is 2.52. The minimum absolute atomic E-state index is 0.00449. The summed E-state index contributed by atoms with van der Waals surface area (Å²) in [6.45, 7) is 1.13. The number of hydrogen-bond acceptors (Lipinski definition) is 4. The summed E-state index contributed by atoms with van der Waals surface area (Å²) < 4.78 is 0. The van der Waals surface area contributed by atoms with Crippen LogP contribution in [0.15, 0.2) is 48.8 Å². The number of carbonyl (C=O) groups excluding carboxylic acids is 1. The number of benzene rings is 1. The molecule has 1 amide bonds. The van der Waals surface area contributed by atoms with Crippen molar-refractivity contribution < 1.29 is 9.90 Å². The molecule has 0 aliphatic carbocycles. The SMILES string of the molecule is O=C1CNC[C@@H]2[C@H](c3ccc(C#Cc4cccnc4)cc3)[C@@H](CO)N12. The van der Waals surface area contributed by atoms with Crippen LogP contribution in [-0.2, 0) is 4.79 Å². The predicted molar refractivity (Wildman–Crippen MR) is 93.8 cm³/mol. The summed E-state index contributed by atoms with van der Waals surface area (Å²) in [5.41, 5.74) is 2.96. The third-order valence-electron chi connectivity index (χ3n) is 4.96. The Bertz CT molecular complexity index is 818. The number of carbonyl (C=O) groups is 1. The molecule has 5 heteroatoms. The van der Waals surface area contributed by atoms with Gasteiger partial charge in [-0.1, -0.05) is 24.0 Å². The Balaban J connectivity index is 1.52. The molecule has 0 bridgehead atoms. The number of amides is 1. The van der Waals surface area contributed by atoms with Crippen molar-refractivity contribution >= 4 is 5.91 Å². The lowest BCUT2D eigenvalue weighted by atomic mass is 9.74. The van der Waals surface area contributed by atoms with Gasteiger partial charge in [-0.2, -0.15) is 0 Å². The molecule has 126 valence electrons. The molecule has 1 aromatic heterocycles. The van der Waals surface area contributed by atoms with E-state index < -0.39 is 0 Å². The number of aliphatic hydroxyl groups excluding tert-OH is 1. The molecule has 0 saturated carbocycles. The van der Waals surface area contributed by atoms with Gasteiger partial charge in [0, 0.05) is 36.0 Å². The van der Waals surface area contributed by atoms with Crippen LogP contribution in [0.25, 0.3) is 0 Å². The lowest BCUT2D eigenvalue weighted by molar-refractivity contribution is -0.153. The topological polar surface area (TPSA) is 65.5 Å². The van der Waals surface area contributed by atoms with Crippen molar-refractivity contribution in [2.45, 2.75) is 18.0 Å². The second-order valence-electron chi connectivity index (χ2n) is 6.39. The van der Waals surface area contributed by atoms with E-state index in [1.807, 2.05) is 29.2 Å². The number of fused-ring (bicyclic) bond motifs is 1. The predicted octanol–water partition coefficient (Wildman–Crippen LogP) is 0.740. The highest BCUT2D eigenvalue weighted by atomic mass is 16.3. The maximum absolute atomic E-state index is 12.0. The van der Waals surface area contributed by atoms with Crippen molar-refractivity contribution in [3.63, 3.8) is 0 Å². The zero-order chi connectivity index (χ0) is 17.2. The molecular formula is C20H19N3O2. The third-order valence-corrected chi connectivity index (χ3v) is 4.96. The maximum atomic E-state index is 12.0. The number of aromatic nitrogens is 1. The van der Waals surface area contributed by atoms with Crippen LogP contribution in [0.2, 0.25) is 0 Å². The highest BCUT2D eigenvalue weighted by molar-refractivity contribution is 5.81. The number of nitrogens with zero attached hydrogens (tertiary/aromatic N) is 2. The van der Waals surface area contributed by atoms with Gasteiger partial charge >= 0.3 is 0 Å². The second kappa shape index (κ2) is 6.67. The van der Waals surface area contributed by atoms with Crippen LogP contribution < -0.4 is 5.32 Å². The average molecular weight is 333 g/mol. The first-order valence-electron chi connectivity index (χ1n) is 8.42. The fraction of sp³-hybridized carbons (Fsp3) is 0.300. The molecule has 4 rings (SSSR count). The van der Waals surface area contributed by atoms with Gasteiger partial charge in [0.15, 0.2) is 0 Å². The van der Waals surface area contributed by atoms with E-state index in [1.165, 1.54) is 0 Å². The van der Waals surface area contributed by atoms with Gasteiger partial charge in [-0.05, 0) is 29.8 Å². The minimum atomic E-state index is -0.119. The summed E-state index contributed by atoms with van der Waals surface area (Å²) in [6, 6.07) is 11.9. The highest BCUT2D eigenvalue weighted by Crippen LogP contribution is 2.41. The minimum Gasteiger partial charge on any atom is -0.394 e. The van der Waals surface area contributed by atoms with Crippen molar-refractivity contribution in [1.29, 1.82) is 0 Å². The molecule has 2 N–H and O–H groups in total. The van der Waals surface area contributed by atoms with Crippen LogP contribution in [0.1, 0.15) is 22.6 Å². The quantitative estimate of drug-likeness (QED) is 0.796. The molecular weight excluding hydrogens is 314 g/mol. The summed E-state index contributed by atoms with van der Waals surface area (Å²) in [7, 11) is 0. The lowest BCUT2D eigenvalue weighted by Crippen LogP contribution is -2.72. The van der Waals surface area contributed by atoms with Gasteiger partial charge in [-0.3, -0.25) is 9.78 Å². The Kier molecular flexibility index (Phi) is 4.22. The summed E-state index contributed by atoms with van der Waals surface area (Å²) in [6.07, 6.45) is 3.47. The number of piperazine rings is 1. The second-order valence-corrected chi connectivity index (χ2v) is 6.39. The molecule has 2 aliphatic rings. The number of aliphatic hydroxyl groups is 1. The van der Waals surface area contributed by atoms with E-state index in [0.717, 1.165) is 23.2 Å². The molecule has 25 heavy (non-hydrogen) atoms. The first kappa shape index (κ1) is 15.8. The van der Waals surface area contributed by atoms with Gasteiger partial charge in [0.1, 0.15) is 0 Å². The summed E-state index contributed by atoms with van der Waals surface area (Å²) in [4.78, 5) is 17.9. The van der Waals surface area contributed by atoms with Crippen LogP contribution >= 0.6 is 0 Å². The van der Waals surface area contributed by atoms with E-state index in [-0.39, 0.29) is 30.5 Å². The zero-order valence-corrected chi connectivity index (χ0v) is 13.7. The van der Waals surface area contributed by atoms with Crippen LogP contribution in [0.5, 0.6) is 0 Å². The van der Waals surface area contributed by atoms with Crippen molar-refractivity contribution in [2.75, 3.05) is 19.7 Å². The number of rotatable bonds is 2.